The minimum absolute atomic E-state index is 0.0174. The summed E-state index contributed by atoms with van der Waals surface area (Å²) in [5, 5.41) is 2.96. The summed E-state index contributed by atoms with van der Waals surface area (Å²) in [5.41, 5.74) is 1.49. The maximum absolute atomic E-state index is 12.4. The Bertz CT molecular complexity index is 695. The number of para-hydroxylation sites is 2. The maximum Gasteiger partial charge on any atom is 0.234 e. The molecule has 1 fully saturated rings. The zero-order valence-corrected chi connectivity index (χ0v) is 14.5. The molecular weight excluding hydrogens is 386 g/mol. The lowest BCUT2D eigenvalue weighted by molar-refractivity contribution is -0.120. The SMILES string of the molecule is CCn1c(NC(=O)[C@]2(C)CC2(Br)Br)nc2ccccc21. The number of nitrogens with one attached hydrogen (secondary N) is 1. The van der Waals surface area contributed by atoms with Crippen molar-refractivity contribution in [3.05, 3.63) is 24.3 Å². The monoisotopic (exact) mass is 399 g/mol. The molecule has 1 N–H and O–H groups in total. The van der Waals surface area contributed by atoms with Crippen molar-refractivity contribution in [2.45, 2.75) is 30.0 Å². The largest absolute Gasteiger partial charge is 0.310 e. The predicted octanol–water partition coefficient (Wildman–Crippen LogP) is 3.89. The number of halogens is 2. The summed E-state index contributed by atoms with van der Waals surface area (Å²) in [6.07, 6.45) is 0.762. The fraction of sp³-hybridized carbons (Fsp3) is 0.429. The van der Waals surface area contributed by atoms with Crippen molar-refractivity contribution < 1.29 is 4.79 Å². The molecule has 0 aliphatic heterocycles. The van der Waals surface area contributed by atoms with Crippen molar-refractivity contribution in [1.82, 2.24) is 9.55 Å². The van der Waals surface area contributed by atoms with Gasteiger partial charge >= 0.3 is 0 Å². The van der Waals surface area contributed by atoms with E-state index in [0.717, 1.165) is 24.0 Å². The fourth-order valence-corrected chi connectivity index (χ4v) is 3.86. The molecule has 1 amide bonds. The first-order valence-electron chi connectivity index (χ1n) is 6.53. The summed E-state index contributed by atoms with van der Waals surface area (Å²) in [6.45, 7) is 4.74. The molecule has 0 unspecified atom stereocenters. The summed E-state index contributed by atoms with van der Waals surface area (Å²) in [4.78, 5) is 16.9. The molecule has 4 nitrogen and oxygen atoms in total. The van der Waals surface area contributed by atoms with E-state index in [9.17, 15) is 4.79 Å². The predicted molar refractivity (Wildman–Crippen MR) is 87.3 cm³/mol. The average molecular weight is 401 g/mol. The van der Waals surface area contributed by atoms with Crippen molar-refractivity contribution in [2.75, 3.05) is 5.32 Å². The molecule has 1 aliphatic carbocycles. The van der Waals surface area contributed by atoms with E-state index in [2.05, 4.69) is 42.2 Å². The van der Waals surface area contributed by atoms with Gasteiger partial charge in [0.15, 0.2) is 0 Å². The van der Waals surface area contributed by atoms with Crippen molar-refractivity contribution in [3.63, 3.8) is 0 Å². The third-order valence-electron chi connectivity index (χ3n) is 3.96. The minimum Gasteiger partial charge on any atom is -0.310 e. The van der Waals surface area contributed by atoms with E-state index < -0.39 is 5.41 Å². The van der Waals surface area contributed by atoms with E-state index in [1.165, 1.54) is 0 Å². The Morgan fingerprint density at radius 3 is 2.70 bits per heavy atom. The Morgan fingerprint density at radius 2 is 2.10 bits per heavy atom. The fourth-order valence-electron chi connectivity index (χ4n) is 2.38. The van der Waals surface area contributed by atoms with Crippen molar-refractivity contribution in [3.8, 4) is 0 Å². The summed E-state index contributed by atoms with van der Waals surface area (Å²) < 4.78 is 1.73. The second-order valence-electron chi connectivity index (χ2n) is 5.34. The van der Waals surface area contributed by atoms with E-state index in [1.807, 2.05) is 42.7 Å². The van der Waals surface area contributed by atoms with E-state index in [1.54, 1.807) is 0 Å². The van der Waals surface area contributed by atoms with Crippen molar-refractivity contribution in [1.29, 1.82) is 0 Å². The number of benzene rings is 1. The van der Waals surface area contributed by atoms with Crippen LogP contribution in [0.1, 0.15) is 20.3 Å². The first-order chi connectivity index (χ1) is 9.39. The summed E-state index contributed by atoms with van der Waals surface area (Å²) in [5.74, 6) is 0.596. The number of nitrogens with zero attached hydrogens (tertiary/aromatic N) is 2. The molecule has 1 saturated carbocycles. The van der Waals surface area contributed by atoms with Gasteiger partial charge in [0.1, 0.15) is 0 Å². The molecule has 1 aliphatic rings. The Kier molecular flexibility index (Phi) is 3.21. The van der Waals surface area contributed by atoms with Crippen LogP contribution in [-0.4, -0.2) is 18.7 Å². The van der Waals surface area contributed by atoms with Crippen LogP contribution in [0.4, 0.5) is 5.95 Å². The summed E-state index contributed by atoms with van der Waals surface area (Å²) in [6, 6.07) is 7.89. The molecule has 3 rings (SSSR count). The first kappa shape index (κ1) is 14.1. The van der Waals surface area contributed by atoms with Gasteiger partial charge in [0.25, 0.3) is 0 Å². The van der Waals surface area contributed by atoms with Crippen LogP contribution in [-0.2, 0) is 11.3 Å². The number of imidazole rings is 1. The number of carbonyl (C=O) groups is 1. The Hall–Kier alpha value is -0.880. The van der Waals surface area contributed by atoms with Crippen LogP contribution in [0.2, 0.25) is 0 Å². The topological polar surface area (TPSA) is 46.9 Å². The highest BCUT2D eigenvalue weighted by atomic mass is 79.9. The standard InChI is InChI=1S/C14H15Br2N3O/c1-3-19-10-7-5-4-6-9(10)17-12(19)18-11(20)13(2)8-14(13,15)16/h4-7H,3,8H2,1-2H3,(H,17,18,20)/t13-/m0/s1. The summed E-state index contributed by atoms with van der Waals surface area (Å²) in [7, 11) is 0. The molecule has 20 heavy (non-hydrogen) atoms. The van der Waals surface area contributed by atoms with Crippen LogP contribution >= 0.6 is 31.9 Å². The Morgan fingerprint density at radius 1 is 1.45 bits per heavy atom. The van der Waals surface area contributed by atoms with Gasteiger partial charge in [-0.3, -0.25) is 10.1 Å². The van der Waals surface area contributed by atoms with Gasteiger partial charge in [-0.15, -0.1) is 0 Å². The van der Waals surface area contributed by atoms with Crippen LogP contribution in [0.25, 0.3) is 11.0 Å². The van der Waals surface area contributed by atoms with Crippen LogP contribution in [0.5, 0.6) is 0 Å². The Labute approximate surface area is 134 Å². The van der Waals surface area contributed by atoms with Gasteiger partial charge < -0.3 is 4.57 Å². The van der Waals surface area contributed by atoms with Gasteiger partial charge in [-0.2, -0.15) is 0 Å². The highest BCUT2D eigenvalue weighted by Crippen LogP contribution is 2.66. The van der Waals surface area contributed by atoms with Gasteiger partial charge in [-0.25, -0.2) is 4.98 Å². The number of aryl methyl sites for hydroxylation is 1. The minimum atomic E-state index is -0.441. The zero-order chi connectivity index (χ0) is 14.5. The first-order valence-corrected chi connectivity index (χ1v) is 8.12. The average Bonchev–Trinajstić information content (AvgIpc) is 2.78. The van der Waals surface area contributed by atoms with Crippen LogP contribution in [0, 0.1) is 5.41 Å². The van der Waals surface area contributed by atoms with Crippen LogP contribution < -0.4 is 5.32 Å². The quantitative estimate of drug-likeness (QED) is 0.794. The van der Waals surface area contributed by atoms with E-state index in [-0.39, 0.29) is 9.14 Å². The van der Waals surface area contributed by atoms with Crippen molar-refractivity contribution in [2.24, 2.45) is 5.41 Å². The van der Waals surface area contributed by atoms with Gasteiger partial charge in [-0.05, 0) is 32.4 Å². The van der Waals surface area contributed by atoms with E-state index >= 15 is 0 Å². The summed E-state index contributed by atoms with van der Waals surface area (Å²) >= 11 is 7.04. The second kappa shape index (κ2) is 4.56. The highest BCUT2D eigenvalue weighted by molar-refractivity contribution is 9.25. The number of alkyl halides is 2. The number of fused-ring (bicyclic) bond motifs is 1. The molecule has 106 valence electrons. The smallest absolute Gasteiger partial charge is 0.234 e. The molecule has 0 radical (unpaired) electrons. The molecule has 0 bridgehead atoms. The third-order valence-corrected chi connectivity index (χ3v) is 6.27. The number of hydrogen-bond donors (Lipinski definition) is 1. The molecule has 0 saturated heterocycles. The number of aromatic nitrogens is 2. The number of hydrogen-bond acceptors (Lipinski definition) is 2. The molecule has 1 aromatic carbocycles. The van der Waals surface area contributed by atoms with E-state index in [4.69, 9.17) is 0 Å². The number of carbonyl (C=O) groups excluding carboxylic acids is 1. The van der Waals surface area contributed by atoms with Crippen molar-refractivity contribution >= 4 is 54.7 Å². The van der Waals surface area contributed by atoms with Crippen LogP contribution in [0.3, 0.4) is 0 Å². The lowest BCUT2D eigenvalue weighted by Crippen LogP contribution is -2.27. The van der Waals surface area contributed by atoms with Gasteiger partial charge in [0, 0.05) is 6.54 Å². The maximum atomic E-state index is 12.4. The third kappa shape index (κ3) is 2.00. The van der Waals surface area contributed by atoms with E-state index in [0.29, 0.717) is 5.95 Å². The molecule has 1 heterocycles. The van der Waals surface area contributed by atoms with Gasteiger partial charge in [-0.1, -0.05) is 44.0 Å². The van der Waals surface area contributed by atoms with Gasteiger partial charge in [0.05, 0.1) is 19.7 Å². The molecule has 2 aromatic rings. The number of rotatable bonds is 3. The zero-order valence-electron chi connectivity index (χ0n) is 11.3. The lowest BCUT2D eigenvalue weighted by Gasteiger charge is -2.13. The van der Waals surface area contributed by atoms with Crippen LogP contribution in [0.15, 0.2) is 24.3 Å². The Balaban J connectivity index is 1.94. The molecular formula is C14H15Br2N3O. The highest BCUT2D eigenvalue weighted by Gasteiger charge is 2.66. The van der Waals surface area contributed by atoms with Gasteiger partial charge in [0.2, 0.25) is 11.9 Å². The number of amides is 1. The molecule has 6 heteroatoms. The molecule has 1 atom stereocenters. The normalized spacial score (nSPS) is 23.8. The number of anilines is 1. The molecule has 1 aromatic heterocycles. The second-order valence-corrected chi connectivity index (χ2v) is 9.11. The lowest BCUT2D eigenvalue weighted by atomic mass is 10.1. The molecule has 0 spiro atoms.